The van der Waals surface area contributed by atoms with Gasteiger partial charge in [-0.1, -0.05) is 12.1 Å². The highest BCUT2D eigenvalue weighted by Crippen LogP contribution is 2.18. The molecule has 0 radical (unpaired) electrons. The van der Waals surface area contributed by atoms with E-state index in [1.165, 1.54) is 12.1 Å². The van der Waals surface area contributed by atoms with E-state index < -0.39 is 6.61 Å². The van der Waals surface area contributed by atoms with Gasteiger partial charge in [0.15, 0.2) is 0 Å². The fraction of sp³-hybridized carbons (Fsp3) is 0.400. The SMILES string of the molecule is CN[C@@H](C)c1ccc(OC(F)F)cc1. The number of nitrogens with one attached hydrogen (secondary N) is 1. The molecule has 4 heteroatoms. The zero-order chi connectivity index (χ0) is 10.6. The summed E-state index contributed by atoms with van der Waals surface area (Å²) in [6.07, 6.45) is 0. The van der Waals surface area contributed by atoms with Crippen molar-refractivity contribution in [3.05, 3.63) is 29.8 Å². The molecule has 0 aromatic heterocycles. The van der Waals surface area contributed by atoms with Crippen molar-refractivity contribution >= 4 is 0 Å². The van der Waals surface area contributed by atoms with Gasteiger partial charge < -0.3 is 10.1 Å². The average Bonchev–Trinajstić information content (AvgIpc) is 2.17. The Hall–Kier alpha value is -1.16. The van der Waals surface area contributed by atoms with Gasteiger partial charge in [-0.05, 0) is 31.7 Å². The zero-order valence-electron chi connectivity index (χ0n) is 8.13. The summed E-state index contributed by atoms with van der Waals surface area (Å²) in [5.74, 6) is 0.187. The lowest BCUT2D eigenvalue weighted by molar-refractivity contribution is -0.0498. The summed E-state index contributed by atoms with van der Waals surface area (Å²) in [5.41, 5.74) is 1.04. The zero-order valence-corrected chi connectivity index (χ0v) is 8.13. The fourth-order valence-electron chi connectivity index (χ4n) is 1.10. The molecule has 0 amide bonds. The molecular weight excluding hydrogens is 188 g/mol. The van der Waals surface area contributed by atoms with E-state index in [0.29, 0.717) is 0 Å². The van der Waals surface area contributed by atoms with Gasteiger partial charge in [-0.25, -0.2) is 0 Å². The fourth-order valence-corrected chi connectivity index (χ4v) is 1.10. The minimum Gasteiger partial charge on any atom is -0.435 e. The van der Waals surface area contributed by atoms with Crippen molar-refractivity contribution in [2.24, 2.45) is 0 Å². The Morgan fingerprint density at radius 1 is 1.21 bits per heavy atom. The lowest BCUT2D eigenvalue weighted by Crippen LogP contribution is -2.12. The smallest absolute Gasteiger partial charge is 0.387 e. The van der Waals surface area contributed by atoms with Crippen LogP contribution in [-0.2, 0) is 0 Å². The van der Waals surface area contributed by atoms with Crippen molar-refractivity contribution in [1.82, 2.24) is 5.32 Å². The summed E-state index contributed by atoms with van der Waals surface area (Å²) in [5, 5.41) is 3.05. The highest BCUT2D eigenvalue weighted by atomic mass is 19.3. The molecule has 0 aliphatic carbocycles. The first kappa shape index (κ1) is 10.9. The summed E-state index contributed by atoms with van der Waals surface area (Å²) < 4.78 is 27.9. The van der Waals surface area contributed by atoms with Crippen LogP contribution >= 0.6 is 0 Å². The van der Waals surface area contributed by atoms with Crippen molar-refractivity contribution in [2.75, 3.05) is 7.05 Å². The van der Waals surface area contributed by atoms with Crippen molar-refractivity contribution in [3.8, 4) is 5.75 Å². The third kappa shape index (κ3) is 2.96. The first-order chi connectivity index (χ1) is 6.63. The monoisotopic (exact) mass is 201 g/mol. The van der Waals surface area contributed by atoms with Crippen LogP contribution in [0.3, 0.4) is 0 Å². The molecule has 0 unspecified atom stereocenters. The van der Waals surface area contributed by atoms with Gasteiger partial charge in [0.1, 0.15) is 5.75 Å². The third-order valence-electron chi connectivity index (χ3n) is 2.04. The molecule has 2 nitrogen and oxygen atoms in total. The molecule has 14 heavy (non-hydrogen) atoms. The summed E-state index contributed by atoms with van der Waals surface area (Å²) in [7, 11) is 1.84. The first-order valence-electron chi connectivity index (χ1n) is 4.35. The molecule has 0 fully saturated rings. The van der Waals surface area contributed by atoms with Crippen molar-refractivity contribution in [2.45, 2.75) is 19.6 Å². The lowest BCUT2D eigenvalue weighted by Gasteiger charge is -2.11. The molecule has 0 spiro atoms. The van der Waals surface area contributed by atoms with Gasteiger partial charge in [-0.2, -0.15) is 8.78 Å². The van der Waals surface area contributed by atoms with Crippen molar-refractivity contribution in [1.29, 1.82) is 0 Å². The van der Waals surface area contributed by atoms with Crippen molar-refractivity contribution < 1.29 is 13.5 Å². The summed E-state index contributed by atoms with van der Waals surface area (Å²) in [4.78, 5) is 0. The number of ether oxygens (including phenoxy) is 1. The maximum atomic E-state index is 11.8. The number of benzene rings is 1. The standard InChI is InChI=1S/C10H13F2NO/c1-7(13-2)8-3-5-9(6-4-8)14-10(11)12/h3-7,10,13H,1-2H3/t7-/m0/s1. The minimum absolute atomic E-state index is 0.187. The molecule has 1 aromatic carbocycles. The Morgan fingerprint density at radius 3 is 2.21 bits per heavy atom. The van der Waals surface area contributed by atoms with Gasteiger partial charge in [-0.3, -0.25) is 0 Å². The summed E-state index contributed by atoms with van der Waals surface area (Å²) in [6.45, 7) is -0.772. The molecule has 0 saturated heterocycles. The van der Waals surface area contributed by atoms with Crippen LogP contribution < -0.4 is 10.1 Å². The predicted octanol–water partition coefficient (Wildman–Crippen LogP) is 2.57. The summed E-state index contributed by atoms with van der Waals surface area (Å²) in [6, 6.07) is 6.80. The molecule has 0 aliphatic heterocycles. The van der Waals surface area contributed by atoms with Crippen LogP contribution in [0, 0.1) is 0 Å². The quantitative estimate of drug-likeness (QED) is 0.808. The number of hydrogen-bond acceptors (Lipinski definition) is 2. The maximum absolute atomic E-state index is 11.8. The number of hydrogen-bond donors (Lipinski definition) is 1. The second kappa shape index (κ2) is 4.91. The van der Waals surface area contributed by atoms with E-state index in [1.54, 1.807) is 12.1 Å². The molecule has 1 atom stereocenters. The van der Waals surface area contributed by atoms with E-state index in [1.807, 2.05) is 14.0 Å². The topological polar surface area (TPSA) is 21.3 Å². The normalized spacial score (nSPS) is 12.9. The molecule has 0 heterocycles. The number of rotatable bonds is 4. The van der Waals surface area contributed by atoms with Gasteiger partial charge in [0, 0.05) is 6.04 Å². The summed E-state index contributed by atoms with van der Waals surface area (Å²) >= 11 is 0. The number of alkyl halides is 2. The minimum atomic E-state index is -2.76. The van der Waals surface area contributed by atoms with Crippen LogP contribution in [0.4, 0.5) is 8.78 Å². The van der Waals surface area contributed by atoms with E-state index in [-0.39, 0.29) is 11.8 Å². The maximum Gasteiger partial charge on any atom is 0.387 e. The third-order valence-corrected chi connectivity index (χ3v) is 2.04. The second-order valence-electron chi connectivity index (χ2n) is 2.96. The van der Waals surface area contributed by atoms with Crippen LogP contribution in [0.5, 0.6) is 5.75 Å². The molecular formula is C10H13F2NO. The molecule has 0 aliphatic rings. The second-order valence-corrected chi connectivity index (χ2v) is 2.96. The Balaban J connectivity index is 2.68. The molecule has 1 rings (SSSR count). The Morgan fingerprint density at radius 2 is 1.79 bits per heavy atom. The molecule has 78 valence electrons. The van der Waals surface area contributed by atoms with Crippen LogP contribution in [0.1, 0.15) is 18.5 Å². The van der Waals surface area contributed by atoms with Crippen molar-refractivity contribution in [3.63, 3.8) is 0 Å². The van der Waals surface area contributed by atoms with Crippen LogP contribution in [0.2, 0.25) is 0 Å². The van der Waals surface area contributed by atoms with E-state index in [9.17, 15) is 8.78 Å². The van der Waals surface area contributed by atoms with E-state index in [2.05, 4.69) is 10.1 Å². The number of halogens is 2. The van der Waals surface area contributed by atoms with E-state index >= 15 is 0 Å². The van der Waals surface area contributed by atoms with Gasteiger partial charge in [0.05, 0.1) is 0 Å². The largest absolute Gasteiger partial charge is 0.435 e. The van der Waals surface area contributed by atoms with Gasteiger partial charge in [0.2, 0.25) is 0 Å². The van der Waals surface area contributed by atoms with E-state index in [0.717, 1.165) is 5.56 Å². The predicted molar refractivity (Wildman–Crippen MR) is 50.5 cm³/mol. The van der Waals surface area contributed by atoms with Crippen LogP contribution in [0.25, 0.3) is 0 Å². The molecule has 1 aromatic rings. The van der Waals surface area contributed by atoms with Gasteiger partial charge in [-0.15, -0.1) is 0 Å². The molecule has 1 N–H and O–H groups in total. The Kier molecular flexibility index (Phi) is 3.83. The Labute approximate surface area is 81.9 Å². The van der Waals surface area contributed by atoms with Crippen LogP contribution in [0.15, 0.2) is 24.3 Å². The first-order valence-corrected chi connectivity index (χ1v) is 4.35. The van der Waals surface area contributed by atoms with Gasteiger partial charge >= 0.3 is 6.61 Å². The van der Waals surface area contributed by atoms with Crippen LogP contribution in [-0.4, -0.2) is 13.7 Å². The molecule has 0 bridgehead atoms. The van der Waals surface area contributed by atoms with E-state index in [4.69, 9.17) is 0 Å². The lowest BCUT2D eigenvalue weighted by atomic mass is 10.1. The van der Waals surface area contributed by atoms with Gasteiger partial charge in [0.25, 0.3) is 0 Å². The highest BCUT2D eigenvalue weighted by Gasteiger charge is 2.05. The average molecular weight is 201 g/mol. The highest BCUT2D eigenvalue weighted by molar-refractivity contribution is 5.28. The molecule has 0 saturated carbocycles. The Bertz CT molecular complexity index is 274.